The molecule has 2 rings (SSSR count). The van der Waals surface area contributed by atoms with Crippen LogP contribution in [0.15, 0.2) is 30.3 Å². The first-order valence-electron chi connectivity index (χ1n) is 7.45. The van der Waals surface area contributed by atoms with Crippen LogP contribution in [0.25, 0.3) is 0 Å². The van der Waals surface area contributed by atoms with Gasteiger partial charge in [0.25, 0.3) is 0 Å². The Morgan fingerprint density at radius 1 is 1.17 bits per heavy atom. The summed E-state index contributed by atoms with van der Waals surface area (Å²) < 4.78 is 0. The molecule has 122 valence electrons. The summed E-state index contributed by atoms with van der Waals surface area (Å²) in [7, 11) is 0. The SMILES string of the molecule is CCNc1nc(CCC(=O)Nc2ccc(Cl)c(Cl)c2)ccc1C. The highest BCUT2D eigenvalue weighted by molar-refractivity contribution is 6.42. The number of halogens is 2. The molecule has 2 N–H and O–H groups in total. The van der Waals surface area contributed by atoms with E-state index in [9.17, 15) is 4.79 Å². The van der Waals surface area contributed by atoms with Crippen molar-refractivity contribution in [3.8, 4) is 0 Å². The van der Waals surface area contributed by atoms with Gasteiger partial charge in [-0.3, -0.25) is 4.79 Å². The lowest BCUT2D eigenvalue weighted by Crippen LogP contribution is -2.13. The number of nitrogens with zero attached hydrogens (tertiary/aromatic N) is 1. The van der Waals surface area contributed by atoms with Crippen molar-refractivity contribution in [1.29, 1.82) is 0 Å². The maximum absolute atomic E-state index is 12.0. The van der Waals surface area contributed by atoms with E-state index < -0.39 is 0 Å². The lowest BCUT2D eigenvalue weighted by atomic mass is 10.1. The van der Waals surface area contributed by atoms with Gasteiger partial charge < -0.3 is 10.6 Å². The van der Waals surface area contributed by atoms with Gasteiger partial charge in [-0.25, -0.2) is 4.98 Å². The van der Waals surface area contributed by atoms with Crippen molar-refractivity contribution in [1.82, 2.24) is 4.98 Å². The molecule has 23 heavy (non-hydrogen) atoms. The Labute approximate surface area is 146 Å². The monoisotopic (exact) mass is 351 g/mol. The molecule has 1 amide bonds. The Bertz CT molecular complexity index is 704. The smallest absolute Gasteiger partial charge is 0.224 e. The molecule has 1 aromatic carbocycles. The number of hydrogen-bond donors (Lipinski definition) is 2. The summed E-state index contributed by atoms with van der Waals surface area (Å²) in [6, 6.07) is 8.97. The van der Waals surface area contributed by atoms with Crippen LogP contribution in [0.1, 0.15) is 24.6 Å². The first-order valence-corrected chi connectivity index (χ1v) is 8.20. The zero-order valence-corrected chi connectivity index (χ0v) is 14.6. The summed E-state index contributed by atoms with van der Waals surface area (Å²) in [6.07, 6.45) is 0.924. The highest BCUT2D eigenvalue weighted by Gasteiger charge is 2.07. The summed E-state index contributed by atoms with van der Waals surface area (Å²) in [5.74, 6) is 0.783. The maximum atomic E-state index is 12.0. The van der Waals surface area contributed by atoms with E-state index in [0.29, 0.717) is 28.6 Å². The third-order valence-electron chi connectivity index (χ3n) is 3.31. The quantitative estimate of drug-likeness (QED) is 0.792. The number of nitrogens with one attached hydrogen (secondary N) is 2. The Hall–Kier alpha value is -1.78. The lowest BCUT2D eigenvalue weighted by Gasteiger charge is -2.09. The molecule has 0 atom stereocenters. The molecule has 0 bridgehead atoms. The molecule has 0 radical (unpaired) electrons. The number of hydrogen-bond acceptors (Lipinski definition) is 3. The first-order chi connectivity index (χ1) is 11.0. The van der Waals surface area contributed by atoms with Crippen LogP contribution in [0.4, 0.5) is 11.5 Å². The van der Waals surface area contributed by atoms with Gasteiger partial charge in [0.2, 0.25) is 5.91 Å². The molecule has 0 aliphatic rings. The zero-order chi connectivity index (χ0) is 16.8. The van der Waals surface area contributed by atoms with Gasteiger partial charge in [0, 0.05) is 24.3 Å². The molecule has 0 aliphatic carbocycles. The number of pyridine rings is 1. The van der Waals surface area contributed by atoms with E-state index in [0.717, 1.165) is 23.6 Å². The molecule has 0 saturated heterocycles. The Balaban J connectivity index is 1.93. The minimum absolute atomic E-state index is 0.0873. The number of aromatic nitrogens is 1. The first kappa shape index (κ1) is 17.6. The minimum Gasteiger partial charge on any atom is -0.370 e. The predicted octanol–water partition coefficient (Wildman–Crippen LogP) is 4.70. The normalized spacial score (nSPS) is 10.4. The van der Waals surface area contributed by atoms with Crippen LogP contribution >= 0.6 is 23.2 Å². The Morgan fingerprint density at radius 3 is 2.65 bits per heavy atom. The molecule has 2 aromatic rings. The highest BCUT2D eigenvalue weighted by atomic mass is 35.5. The summed E-state index contributed by atoms with van der Waals surface area (Å²) in [5, 5.41) is 6.90. The number of rotatable bonds is 6. The van der Waals surface area contributed by atoms with Crippen LogP contribution in [0.3, 0.4) is 0 Å². The molecule has 4 nitrogen and oxygen atoms in total. The van der Waals surface area contributed by atoms with Crippen LogP contribution in [0.2, 0.25) is 10.0 Å². The molecule has 0 unspecified atom stereocenters. The van der Waals surface area contributed by atoms with Crippen molar-refractivity contribution in [3.05, 3.63) is 51.6 Å². The molecular formula is C17H19Cl2N3O. The summed E-state index contributed by atoms with van der Waals surface area (Å²) in [6.45, 7) is 4.85. The molecular weight excluding hydrogens is 333 g/mol. The molecule has 1 aromatic heterocycles. The third-order valence-corrected chi connectivity index (χ3v) is 4.05. The maximum Gasteiger partial charge on any atom is 0.224 e. The van der Waals surface area contributed by atoms with E-state index >= 15 is 0 Å². The van der Waals surface area contributed by atoms with Crippen LogP contribution in [-0.2, 0) is 11.2 Å². The summed E-state index contributed by atoms with van der Waals surface area (Å²) in [4.78, 5) is 16.6. The average Bonchev–Trinajstić information content (AvgIpc) is 2.52. The molecule has 1 heterocycles. The largest absolute Gasteiger partial charge is 0.370 e. The minimum atomic E-state index is -0.0873. The van der Waals surface area contributed by atoms with Gasteiger partial charge in [0.05, 0.1) is 10.0 Å². The number of aryl methyl sites for hydroxylation is 2. The molecule has 0 saturated carbocycles. The van der Waals surface area contributed by atoms with Crippen molar-refractivity contribution < 1.29 is 4.79 Å². The number of anilines is 2. The summed E-state index contributed by atoms with van der Waals surface area (Å²) in [5.41, 5.74) is 2.61. The van der Waals surface area contributed by atoms with Crippen molar-refractivity contribution in [3.63, 3.8) is 0 Å². The number of benzene rings is 1. The lowest BCUT2D eigenvalue weighted by molar-refractivity contribution is -0.116. The summed E-state index contributed by atoms with van der Waals surface area (Å²) >= 11 is 11.8. The van der Waals surface area contributed by atoms with E-state index in [4.69, 9.17) is 23.2 Å². The van der Waals surface area contributed by atoms with Gasteiger partial charge in [-0.15, -0.1) is 0 Å². The van der Waals surface area contributed by atoms with Gasteiger partial charge in [-0.1, -0.05) is 29.3 Å². The van der Waals surface area contributed by atoms with E-state index in [1.807, 2.05) is 26.0 Å². The van der Waals surface area contributed by atoms with E-state index in [1.54, 1.807) is 18.2 Å². The van der Waals surface area contributed by atoms with Crippen LogP contribution in [0.5, 0.6) is 0 Å². The molecule has 0 aliphatic heterocycles. The Kier molecular flexibility index (Phi) is 6.25. The predicted molar refractivity (Wildman–Crippen MR) is 96.6 cm³/mol. The van der Waals surface area contributed by atoms with Crippen LogP contribution < -0.4 is 10.6 Å². The second-order valence-electron chi connectivity index (χ2n) is 5.18. The molecule has 6 heteroatoms. The molecule has 0 spiro atoms. The fraction of sp³-hybridized carbons (Fsp3) is 0.294. The van der Waals surface area contributed by atoms with Gasteiger partial charge in [-0.05, 0) is 50.1 Å². The van der Waals surface area contributed by atoms with Crippen LogP contribution in [0, 0.1) is 6.92 Å². The van der Waals surface area contributed by atoms with Crippen molar-refractivity contribution >= 4 is 40.6 Å². The third kappa shape index (κ3) is 5.12. The second kappa shape index (κ2) is 8.18. The van der Waals surface area contributed by atoms with Gasteiger partial charge in [0.1, 0.15) is 5.82 Å². The average molecular weight is 352 g/mol. The van der Waals surface area contributed by atoms with E-state index in [1.165, 1.54) is 0 Å². The highest BCUT2D eigenvalue weighted by Crippen LogP contribution is 2.25. The van der Waals surface area contributed by atoms with Gasteiger partial charge in [0.15, 0.2) is 0 Å². The van der Waals surface area contributed by atoms with Crippen molar-refractivity contribution in [2.75, 3.05) is 17.2 Å². The van der Waals surface area contributed by atoms with E-state index in [-0.39, 0.29) is 5.91 Å². The zero-order valence-electron chi connectivity index (χ0n) is 13.1. The molecule has 0 fully saturated rings. The number of carbonyl (C=O) groups excluding carboxylic acids is 1. The van der Waals surface area contributed by atoms with Crippen molar-refractivity contribution in [2.24, 2.45) is 0 Å². The second-order valence-corrected chi connectivity index (χ2v) is 5.99. The standard InChI is InChI=1S/C17H19Cl2N3O/c1-3-20-17-11(2)4-5-12(22-17)7-9-16(23)21-13-6-8-14(18)15(19)10-13/h4-6,8,10H,3,7,9H2,1-2H3,(H,20,22)(H,21,23). The number of amides is 1. The van der Waals surface area contributed by atoms with E-state index in [2.05, 4.69) is 15.6 Å². The fourth-order valence-electron chi connectivity index (χ4n) is 2.09. The fourth-order valence-corrected chi connectivity index (χ4v) is 2.39. The van der Waals surface area contributed by atoms with Crippen LogP contribution in [-0.4, -0.2) is 17.4 Å². The Morgan fingerprint density at radius 2 is 1.96 bits per heavy atom. The number of carbonyl (C=O) groups is 1. The topological polar surface area (TPSA) is 54.0 Å². The van der Waals surface area contributed by atoms with Crippen molar-refractivity contribution in [2.45, 2.75) is 26.7 Å². The van der Waals surface area contributed by atoms with Gasteiger partial charge in [-0.2, -0.15) is 0 Å². The van der Waals surface area contributed by atoms with Gasteiger partial charge >= 0.3 is 0 Å².